The highest BCUT2D eigenvalue weighted by Gasteiger charge is 2.35. The first-order valence-corrected chi connectivity index (χ1v) is 8.35. The van der Waals surface area contributed by atoms with Crippen LogP contribution in [-0.4, -0.2) is 16.9 Å². The van der Waals surface area contributed by atoms with Gasteiger partial charge in [-0.3, -0.25) is 19.8 Å². The molecule has 1 aliphatic rings. The second-order valence-electron chi connectivity index (χ2n) is 4.86. The fourth-order valence-electron chi connectivity index (χ4n) is 2.23. The molecule has 2 amide bonds. The summed E-state index contributed by atoms with van der Waals surface area (Å²) >= 11 is 12.7. The Morgan fingerprint density at radius 1 is 1.26 bits per heavy atom. The number of nitrogens with one attached hydrogen (secondary N) is 1. The summed E-state index contributed by atoms with van der Waals surface area (Å²) in [6.45, 7) is 1.80. The zero-order chi connectivity index (χ0) is 16.6. The molecule has 0 saturated carbocycles. The number of carbonyl (C=O) groups is 2. The summed E-state index contributed by atoms with van der Waals surface area (Å²) in [5.41, 5.74) is 1.32. The van der Waals surface area contributed by atoms with Crippen molar-refractivity contribution in [3.63, 3.8) is 0 Å². The maximum absolute atomic E-state index is 12.8. The number of halogens is 1. The van der Waals surface area contributed by atoms with Gasteiger partial charge < -0.3 is 0 Å². The van der Waals surface area contributed by atoms with Gasteiger partial charge in [-0.05, 0) is 54.4 Å². The van der Waals surface area contributed by atoms with E-state index in [9.17, 15) is 9.59 Å². The van der Waals surface area contributed by atoms with Crippen LogP contribution >= 0.6 is 35.2 Å². The zero-order valence-electron chi connectivity index (χ0n) is 12.0. The second kappa shape index (κ2) is 6.23. The molecule has 4 nitrogen and oxygen atoms in total. The molecule has 1 aliphatic heterocycles. The predicted octanol–water partition coefficient (Wildman–Crippen LogP) is 3.54. The molecule has 1 fully saturated rings. The summed E-state index contributed by atoms with van der Waals surface area (Å²) in [5.74, 6) is -0.957. The first-order chi connectivity index (χ1) is 11.0. The van der Waals surface area contributed by atoms with Crippen molar-refractivity contribution < 1.29 is 9.59 Å². The van der Waals surface area contributed by atoms with E-state index in [2.05, 4.69) is 5.32 Å². The van der Waals surface area contributed by atoms with Crippen LogP contribution in [0.2, 0.25) is 5.02 Å². The SMILES string of the molecule is Cc1c(Cl)cccc1N1C(=O)C(=Cc2cccs2)C(=O)NC1=S. The van der Waals surface area contributed by atoms with Crippen molar-refractivity contribution in [1.29, 1.82) is 0 Å². The van der Waals surface area contributed by atoms with E-state index in [0.29, 0.717) is 10.7 Å². The summed E-state index contributed by atoms with van der Waals surface area (Å²) in [6, 6.07) is 8.90. The monoisotopic (exact) mass is 362 g/mol. The molecule has 2 heterocycles. The van der Waals surface area contributed by atoms with Gasteiger partial charge in [-0.2, -0.15) is 0 Å². The third-order valence-electron chi connectivity index (χ3n) is 3.41. The average Bonchev–Trinajstić information content (AvgIpc) is 3.01. The Balaban J connectivity index is 2.07. The minimum Gasteiger partial charge on any atom is -0.298 e. The van der Waals surface area contributed by atoms with Crippen molar-refractivity contribution in [1.82, 2.24) is 5.32 Å². The molecule has 3 rings (SSSR count). The molecular formula is C16H11ClN2O2S2. The van der Waals surface area contributed by atoms with Crippen LogP contribution in [0.15, 0.2) is 41.3 Å². The fraction of sp³-hybridized carbons (Fsp3) is 0.0625. The number of benzene rings is 1. The largest absolute Gasteiger partial charge is 0.298 e. The van der Waals surface area contributed by atoms with Crippen molar-refractivity contribution in [3.05, 3.63) is 56.7 Å². The Kier molecular flexibility index (Phi) is 4.30. The average molecular weight is 363 g/mol. The molecule has 0 bridgehead atoms. The Bertz CT molecular complexity index is 844. The number of thiocarbonyl (C=S) groups is 1. The van der Waals surface area contributed by atoms with Crippen molar-refractivity contribution in [2.24, 2.45) is 0 Å². The van der Waals surface area contributed by atoms with E-state index >= 15 is 0 Å². The van der Waals surface area contributed by atoms with Gasteiger partial charge in [0, 0.05) is 9.90 Å². The van der Waals surface area contributed by atoms with E-state index in [1.54, 1.807) is 31.2 Å². The Morgan fingerprint density at radius 2 is 2.04 bits per heavy atom. The van der Waals surface area contributed by atoms with Gasteiger partial charge in [0.1, 0.15) is 5.57 Å². The number of anilines is 1. The second-order valence-corrected chi connectivity index (χ2v) is 6.63. The van der Waals surface area contributed by atoms with E-state index < -0.39 is 11.8 Å². The molecule has 23 heavy (non-hydrogen) atoms. The minimum atomic E-state index is -0.496. The Morgan fingerprint density at radius 3 is 2.74 bits per heavy atom. The van der Waals surface area contributed by atoms with Crippen LogP contribution in [0.5, 0.6) is 0 Å². The van der Waals surface area contributed by atoms with Gasteiger partial charge in [0.05, 0.1) is 5.69 Å². The highest BCUT2D eigenvalue weighted by molar-refractivity contribution is 7.80. The summed E-state index contributed by atoms with van der Waals surface area (Å²) in [7, 11) is 0. The molecule has 7 heteroatoms. The number of hydrogen-bond donors (Lipinski definition) is 1. The molecule has 0 atom stereocenters. The summed E-state index contributed by atoms with van der Waals surface area (Å²) < 4.78 is 0. The van der Waals surface area contributed by atoms with Crippen LogP contribution in [0.25, 0.3) is 6.08 Å². The van der Waals surface area contributed by atoms with Crippen LogP contribution in [0, 0.1) is 6.92 Å². The molecule has 116 valence electrons. The van der Waals surface area contributed by atoms with Crippen LogP contribution in [-0.2, 0) is 9.59 Å². The van der Waals surface area contributed by atoms with Gasteiger partial charge in [0.2, 0.25) is 0 Å². The molecule has 2 aromatic rings. The molecule has 1 aromatic carbocycles. The molecule has 1 saturated heterocycles. The lowest BCUT2D eigenvalue weighted by molar-refractivity contribution is -0.122. The number of thiophene rings is 1. The molecule has 0 unspecified atom stereocenters. The lowest BCUT2D eigenvalue weighted by Crippen LogP contribution is -2.54. The maximum atomic E-state index is 12.8. The van der Waals surface area contributed by atoms with Gasteiger partial charge in [-0.15, -0.1) is 11.3 Å². The molecule has 0 aliphatic carbocycles. The fourth-order valence-corrected chi connectivity index (χ4v) is 3.33. The van der Waals surface area contributed by atoms with Gasteiger partial charge >= 0.3 is 0 Å². The number of rotatable bonds is 2. The number of hydrogen-bond acceptors (Lipinski definition) is 4. The van der Waals surface area contributed by atoms with Gasteiger partial charge in [0.15, 0.2) is 5.11 Å². The maximum Gasteiger partial charge on any atom is 0.270 e. The van der Waals surface area contributed by atoms with E-state index in [4.69, 9.17) is 23.8 Å². The van der Waals surface area contributed by atoms with Crippen LogP contribution in [0.1, 0.15) is 10.4 Å². The van der Waals surface area contributed by atoms with Crippen LogP contribution < -0.4 is 10.2 Å². The molecular weight excluding hydrogens is 352 g/mol. The Labute approximate surface area is 147 Å². The van der Waals surface area contributed by atoms with E-state index in [1.165, 1.54) is 16.2 Å². The van der Waals surface area contributed by atoms with Gasteiger partial charge in [-0.25, -0.2) is 0 Å². The highest BCUT2D eigenvalue weighted by atomic mass is 35.5. The molecule has 0 radical (unpaired) electrons. The summed E-state index contributed by atoms with van der Waals surface area (Å²) in [4.78, 5) is 27.1. The van der Waals surface area contributed by atoms with E-state index in [1.807, 2.05) is 17.5 Å². The molecule has 1 aromatic heterocycles. The van der Waals surface area contributed by atoms with Gasteiger partial charge in [-0.1, -0.05) is 23.7 Å². The third-order valence-corrected chi connectivity index (χ3v) is 4.92. The quantitative estimate of drug-likeness (QED) is 0.505. The number of carbonyl (C=O) groups excluding carboxylic acids is 2. The van der Waals surface area contributed by atoms with Crippen molar-refractivity contribution >= 4 is 63.8 Å². The summed E-state index contributed by atoms with van der Waals surface area (Å²) in [5, 5.41) is 5.01. The number of amides is 2. The minimum absolute atomic E-state index is 0.0421. The van der Waals surface area contributed by atoms with E-state index in [0.717, 1.165) is 10.4 Å². The third kappa shape index (κ3) is 2.93. The topological polar surface area (TPSA) is 49.4 Å². The lowest BCUT2D eigenvalue weighted by Gasteiger charge is -2.30. The van der Waals surface area contributed by atoms with Gasteiger partial charge in [0.25, 0.3) is 11.8 Å². The standard InChI is InChI=1S/C16H11ClN2O2S2/c1-9-12(17)5-2-6-13(9)19-15(21)11(14(20)18-16(19)22)8-10-4-3-7-23-10/h2-8H,1H3,(H,18,20,22). The van der Waals surface area contributed by atoms with Crippen molar-refractivity contribution in [2.45, 2.75) is 6.92 Å². The van der Waals surface area contributed by atoms with Crippen LogP contribution in [0.3, 0.4) is 0 Å². The smallest absolute Gasteiger partial charge is 0.270 e. The van der Waals surface area contributed by atoms with E-state index in [-0.39, 0.29) is 10.7 Å². The zero-order valence-corrected chi connectivity index (χ0v) is 14.4. The van der Waals surface area contributed by atoms with Crippen molar-refractivity contribution in [3.8, 4) is 0 Å². The lowest BCUT2D eigenvalue weighted by atomic mass is 10.1. The molecule has 0 spiro atoms. The normalized spacial score (nSPS) is 16.9. The summed E-state index contributed by atoms with van der Waals surface area (Å²) in [6.07, 6.45) is 1.57. The molecule has 1 N–H and O–H groups in total. The Hall–Kier alpha value is -2.02. The predicted molar refractivity (Wildman–Crippen MR) is 96.7 cm³/mol. The first-order valence-electron chi connectivity index (χ1n) is 6.69. The first kappa shape index (κ1) is 15.9. The van der Waals surface area contributed by atoms with Crippen LogP contribution in [0.4, 0.5) is 5.69 Å². The number of nitrogens with zero attached hydrogens (tertiary/aromatic N) is 1. The van der Waals surface area contributed by atoms with Crippen molar-refractivity contribution in [2.75, 3.05) is 4.90 Å². The highest BCUT2D eigenvalue weighted by Crippen LogP contribution is 2.29.